The van der Waals surface area contributed by atoms with Crippen LogP contribution in [-0.2, 0) is 15.9 Å². The molecule has 20 heavy (non-hydrogen) atoms. The van der Waals surface area contributed by atoms with Crippen molar-refractivity contribution >= 4 is 5.57 Å². The molecule has 0 amide bonds. The third-order valence-corrected chi connectivity index (χ3v) is 3.80. The molecule has 0 N–H and O–H groups in total. The molecule has 2 aromatic carbocycles. The predicted octanol–water partition coefficient (Wildman–Crippen LogP) is 3.66. The van der Waals surface area contributed by atoms with E-state index < -0.39 is 0 Å². The zero-order valence-corrected chi connectivity index (χ0v) is 11.8. The fraction of sp³-hybridized carbons (Fsp3) is 0.222. The molecule has 2 aromatic rings. The first-order valence-corrected chi connectivity index (χ1v) is 6.79. The Balaban J connectivity index is 2.25. The van der Waals surface area contributed by atoms with E-state index in [4.69, 9.17) is 9.47 Å². The van der Waals surface area contributed by atoms with E-state index in [1.165, 1.54) is 16.7 Å². The van der Waals surface area contributed by atoms with Gasteiger partial charge in [-0.05, 0) is 16.7 Å². The van der Waals surface area contributed by atoms with E-state index in [1.54, 1.807) is 14.2 Å². The summed E-state index contributed by atoms with van der Waals surface area (Å²) < 4.78 is 11.3. The maximum absolute atomic E-state index is 5.67. The summed E-state index contributed by atoms with van der Waals surface area (Å²) in [6, 6.07) is 18.8. The minimum Gasteiger partial charge on any atom is -0.498 e. The SMILES string of the molecule is COC1=C(c2ccccc2)c2ccccc2CC1OC. The number of benzene rings is 2. The van der Waals surface area contributed by atoms with E-state index in [2.05, 4.69) is 48.5 Å². The van der Waals surface area contributed by atoms with Crippen molar-refractivity contribution in [2.24, 2.45) is 0 Å². The van der Waals surface area contributed by atoms with Crippen LogP contribution in [0.15, 0.2) is 60.4 Å². The van der Waals surface area contributed by atoms with Crippen LogP contribution in [-0.4, -0.2) is 20.3 Å². The second-order valence-corrected chi connectivity index (χ2v) is 4.90. The minimum atomic E-state index is -0.0230. The highest BCUT2D eigenvalue weighted by Crippen LogP contribution is 2.37. The number of hydrogen-bond acceptors (Lipinski definition) is 2. The van der Waals surface area contributed by atoms with Crippen LogP contribution in [0.1, 0.15) is 16.7 Å². The Bertz CT molecular complexity index is 629. The molecular weight excluding hydrogens is 248 g/mol. The Kier molecular flexibility index (Phi) is 3.57. The molecule has 102 valence electrons. The Morgan fingerprint density at radius 2 is 1.60 bits per heavy atom. The van der Waals surface area contributed by atoms with Gasteiger partial charge in [-0.3, -0.25) is 0 Å². The standard InChI is InChI=1S/C18H18O2/c1-19-16-12-14-10-6-7-11-15(14)17(18(16)20-2)13-8-4-3-5-9-13/h3-11,16H,12H2,1-2H3. The number of rotatable bonds is 3. The van der Waals surface area contributed by atoms with Crippen LogP contribution in [0.4, 0.5) is 0 Å². The normalized spacial score (nSPS) is 17.8. The smallest absolute Gasteiger partial charge is 0.133 e. The van der Waals surface area contributed by atoms with E-state index in [-0.39, 0.29) is 6.10 Å². The molecule has 1 aliphatic rings. The minimum absolute atomic E-state index is 0.0230. The summed E-state index contributed by atoms with van der Waals surface area (Å²) in [5.41, 5.74) is 4.85. The zero-order chi connectivity index (χ0) is 13.9. The maximum Gasteiger partial charge on any atom is 0.133 e. The van der Waals surface area contributed by atoms with E-state index in [9.17, 15) is 0 Å². The fourth-order valence-electron chi connectivity index (χ4n) is 2.85. The van der Waals surface area contributed by atoms with Crippen LogP contribution in [0.3, 0.4) is 0 Å². The molecule has 0 fully saturated rings. The molecule has 0 saturated carbocycles. The van der Waals surface area contributed by atoms with Crippen molar-refractivity contribution in [2.75, 3.05) is 14.2 Å². The van der Waals surface area contributed by atoms with Gasteiger partial charge in [-0.1, -0.05) is 54.6 Å². The quantitative estimate of drug-likeness (QED) is 0.844. The van der Waals surface area contributed by atoms with E-state index in [1.807, 2.05) is 6.07 Å². The zero-order valence-electron chi connectivity index (χ0n) is 11.8. The molecule has 0 aliphatic heterocycles. The van der Waals surface area contributed by atoms with Gasteiger partial charge in [0.25, 0.3) is 0 Å². The first kappa shape index (κ1) is 12.9. The number of hydrogen-bond donors (Lipinski definition) is 0. The van der Waals surface area contributed by atoms with Crippen LogP contribution >= 0.6 is 0 Å². The van der Waals surface area contributed by atoms with Crippen molar-refractivity contribution < 1.29 is 9.47 Å². The Labute approximate surface area is 119 Å². The monoisotopic (exact) mass is 266 g/mol. The van der Waals surface area contributed by atoms with Crippen molar-refractivity contribution in [2.45, 2.75) is 12.5 Å². The van der Waals surface area contributed by atoms with E-state index in [0.717, 1.165) is 17.8 Å². The summed E-state index contributed by atoms with van der Waals surface area (Å²) in [6.07, 6.45) is 0.830. The molecule has 0 saturated heterocycles. The lowest BCUT2D eigenvalue weighted by Crippen LogP contribution is -2.24. The van der Waals surface area contributed by atoms with Crippen molar-refractivity contribution in [3.8, 4) is 0 Å². The molecule has 0 spiro atoms. The van der Waals surface area contributed by atoms with Gasteiger partial charge in [-0.25, -0.2) is 0 Å². The first-order valence-electron chi connectivity index (χ1n) is 6.79. The van der Waals surface area contributed by atoms with Gasteiger partial charge in [0.1, 0.15) is 11.9 Å². The number of ether oxygens (including phenoxy) is 2. The van der Waals surface area contributed by atoms with Gasteiger partial charge in [-0.2, -0.15) is 0 Å². The second kappa shape index (κ2) is 5.51. The third-order valence-electron chi connectivity index (χ3n) is 3.80. The van der Waals surface area contributed by atoms with Gasteiger partial charge in [-0.15, -0.1) is 0 Å². The lowest BCUT2D eigenvalue weighted by Gasteiger charge is -2.28. The first-order chi connectivity index (χ1) is 9.85. The van der Waals surface area contributed by atoms with Crippen molar-refractivity contribution in [3.63, 3.8) is 0 Å². The highest BCUT2D eigenvalue weighted by molar-refractivity contribution is 5.84. The van der Waals surface area contributed by atoms with Gasteiger partial charge in [0.15, 0.2) is 0 Å². The van der Waals surface area contributed by atoms with Gasteiger partial charge in [0, 0.05) is 19.1 Å². The van der Waals surface area contributed by atoms with Crippen LogP contribution < -0.4 is 0 Å². The molecule has 0 aromatic heterocycles. The maximum atomic E-state index is 5.67. The van der Waals surface area contributed by atoms with E-state index in [0.29, 0.717) is 0 Å². The molecular formula is C18H18O2. The highest BCUT2D eigenvalue weighted by Gasteiger charge is 2.28. The van der Waals surface area contributed by atoms with E-state index >= 15 is 0 Å². The molecule has 3 rings (SSSR count). The highest BCUT2D eigenvalue weighted by atomic mass is 16.5. The van der Waals surface area contributed by atoms with Crippen LogP contribution in [0.25, 0.3) is 5.57 Å². The molecule has 2 nitrogen and oxygen atoms in total. The van der Waals surface area contributed by atoms with Crippen molar-refractivity contribution in [1.82, 2.24) is 0 Å². The van der Waals surface area contributed by atoms with Crippen molar-refractivity contribution in [1.29, 1.82) is 0 Å². The molecule has 0 radical (unpaired) electrons. The van der Waals surface area contributed by atoms with Gasteiger partial charge in [0.05, 0.1) is 7.11 Å². The second-order valence-electron chi connectivity index (χ2n) is 4.90. The van der Waals surface area contributed by atoms with Crippen molar-refractivity contribution in [3.05, 3.63) is 77.0 Å². The largest absolute Gasteiger partial charge is 0.498 e. The average molecular weight is 266 g/mol. The topological polar surface area (TPSA) is 18.5 Å². The Hall–Kier alpha value is -2.06. The summed E-state index contributed by atoms with van der Waals surface area (Å²) in [6.45, 7) is 0. The Morgan fingerprint density at radius 1 is 0.900 bits per heavy atom. The summed E-state index contributed by atoms with van der Waals surface area (Å²) in [7, 11) is 3.46. The molecule has 1 unspecified atom stereocenters. The van der Waals surface area contributed by atoms with Crippen LogP contribution in [0, 0.1) is 0 Å². The summed E-state index contributed by atoms with van der Waals surface area (Å²) >= 11 is 0. The fourth-order valence-corrected chi connectivity index (χ4v) is 2.85. The molecule has 2 heteroatoms. The van der Waals surface area contributed by atoms with Crippen LogP contribution in [0.2, 0.25) is 0 Å². The van der Waals surface area contributed by atoms with Gasteiger partial charge in [0.2, 0.25) is 0 Å². The molecule has 1 aliphatic carbocycles. The summed E-state index contributed by atoms with van der Waals surface area (Å²) in [4.78, 5) is 0. The molecule has 0 bridgehead atoms. The average Bonchev–Trinajstić information content (AvgIpc) is 2.53. The number of fused-ring (bicyclic) bond motifs is 1. The molecule has 1 atom stereocenters. The lowest BCUT2D eigenvalue weighted by atomic mass is 9.84. The summed E-state index contributed by atoms with van der Waals surface area (Å²) in [5.74, 6) is 0.914. The number of methoxy groups -OCH3 is 2. The molecule has 0 heterocycles. The lowest BCUT2D eigenvalue weighted by molar-refractivity contribution is 0.0786. The van der Waals surface area contributed by atoms with Gasteiger partial charge < -0.3 is 9.47 Å². The van der Waals surface area contributed by atoms with Crippen LogP contribution in [0.5, 0.6) is 0 Å². The predicted molar refractivity (Wildman–Crippen MR) is 80.4 cm³/mol. The van der Waals surface area contributed by atoms with Gasteiger partial charge >= 0.3 is 0 Å². The third kappa shape index (κ3) is 2.12. The Morgan fingerprint density at radius 3 is 2.30 bits per heavy atom. The summed E-state index contributed by atoms with van der Waals surface area (Å²) in [5, 5.41) is 0.